The minimum absolute atomic E-state index is 0.0466. The predicted octanol–water partition coefficient (Wildman–Crippen LogP) is 4.40. The fraction of sp³-hybridized carbons (Fsp3) is 0.292. The molecule has 0 aliphatic rings. The number of carbonyl (C=O) groups is 1. The SMILES string of the molecule is COc1cc2c(cnn2CCCC=O)cc1-c1noc(-c2ccc(OC(C)C)c(C#N)c2)n1. The molecule has 0 saturated heterocycles. The second-order valence-electron chi connectivity index (χ2n) is 7.70. The standard InChI is InChI=1S/C24H23N5O4/c1-15(2)32-21-7-6-16(10-17(21)13-25)24-27-23(28-33-24)19-11-18-14-26-29(8-4-5-9-30)20(18)12-22(19)31-3/h6-7,9-12,14-15H,4-5,8H2,1-3H3. The number of carbonyl (C=O) groups excluding carboxylic acids is 1. The van der Waals surface area contributed by atoms with Crippen molar-refractivity contribution in [3.63, 3.8) is 0 Å². The molecule has 168 valence electrons. The Labute approximate surface area is 190 Å². The van der Waals surface area contributed by atoms with Crippen LogP contribution in [-0.4, -0.2) is 39.4 Å². The largest absolute Gasteiger partial charge is 0.496 e. The maximum absolute atomic E-state index is 10.6. The van der Waals surface area contributed by atoms with Gasteiger partial charge in [-0.25, -0.2) is 0 Å². The van der Waals surface area contributed by atoms with Crippen LogP contribution in [0.2, 0.25) is 0 Å². The van der Waals surface area contributed by atoms with Gasteiger partial charge in [0.1, 0.15) is 23.9 Å². The molecule has 9 nitrogen and oxygen atoms in total. The molecule has 4 rings (SSSR count). The molecule has 4 aromatic rings. The van der Waals surface area contributed by atoms with Crippen molar-refractivity contribution in [2.24, 2.45) is 0 Å². The molecule has 2 aromatic carbocycles. The molecule has 2 heterocycles. The number of aldehydes is 1. The number of hydrogen-bond acceptors (Lipinski definition) is 8. The fourth-order valence-corrected chi connectivity index (χ4v) is 3.51. The van der Waals surface area contributed by atoms with Crippen LogP contribution in [-0.2, 0) is 11.3 Å². The molecule has 0 N–H and O–H groups in total. The van der Waals surface area contributed by atoms with Crippen molar-refractivity contribution in [3.05, 3.63) is 42.1 Å². The zero-order chi connectivity index (χ0) is 23.4. The molecule has 0 spiro atoms. The van der Waals surface area contributed by atoms with E-state index in [2.05, 4.69) is 21.3 Å². The predicted molar refractivity (Wildman–Crippen MR) is 121 cm³/mol. The number of methoxy groups -OCH3 is 1. The molecule has 0 radical (unpaired) electrons. The summed E-state index contributed by atoms with van der Waals surface area (Å²) in [6.07, 6.45) is 3.81. The van der Waals surface area contributed by atoms with Crippen molar-refractivity contribution in [2.75, 3.05) is 7.11 Å². The number of rotatable bonds is 9. The van der Waals surface area contributed by atoms with Crippen LogP contribution in [0.5, 0.6) is 11.5 Å². The van der Waals surface area contributed by atoms with Gasteiger partial charge in [-0.15, -0.1) is 0 Å². The third kappa shape index (κ3) is 4.55. The maximum Gasteiger partial charge on any atom is 0.258 e. The van der Waals surface area contributed by atoms with Gasteiger partial charge in [-0.2, -0.15) is 15.3 Å². The number of ether oxygens (including phenoxy) is 2. The molecule has 33 heavy (non-hydrogen) atoms. The average Bonchev–Trinajstić information content (AvgIpc) is 3.45. The topological polar surface area (TPSA) is 116 Å². The molecule has 0 aliphatic carbocycles. The first kappa shape index (κ1) is 22.0. The third-order valence-electron chi connectivity index (χ3n) is 5.03. The van der Waals surface area contributed by atoms with Gasteiger partial charge in [-0.1, -0.05) is 5.16 Å². The smallest absolute Gasteiger partial charge is 0.258 e. The highest BCUT2D eigenvalue weighted by Crippen LogP contribution is 2.34. The van der Waals surface area contributed by atoms with Gasteiger partial charge in [0, 0.05) is 30.0 Å². The summed E-state index contributed by atoms with van der Waals surface area (Å²) in [5, 5.41) is 18.9. The van der Waals surface area contributed by atoms with Crippen molar-refractivity contribution < 1.29 is 18.8 Å². The van der Waals surface area contributed by atoms with Gasteiger partial charge < -0.3 is 18.8 Å². The molecule has 0 fully saturated rings. The highest BCUT2D eigenvalue weighted by Gasteiger charge is 2.18. The first-order valence-electron chi connectivity index (χ1n) is 10.6. The summed E-state index contributed by atoms with van der Waals surface area (Å²) in [7, 11) is 1.57. The lowest BCUT2D eigenvalue weighted by Gasteiger charge is -2.11. The lowest BCUT2D eigenvalue weighted by molar-refractivity contribution is -0.107. The van der Waals surface area contributed by atoms with Crippen LogP contribution in [0.25, 0.3) is 33.7 Å². The highest BCUT2D eigenvalue weighted by molar-refractivity contribution is 5.87. The summed E-state index contributed by atoms with van der Waals surface area (Å²) < 4.78 is 18.6. The lowest BCUT2D eigenvalue weighted by Crippen LogP contribution is -2.06. The molecule has 0 saturated carbocycles. The first-order chi connectivity index (χ1) is 16.0. The van der Waals surface area contributed by atoms with Gasteiger partial charge in [0.05, 0.1) is 36.1 Å². The summed E-state index contributed by atoms with van der Waals surface area (Å²) in [6.45, 7) is 4.44. The molecule has 0 atom stereocenters. The Balaban J connectivity index is 1.67. The monoisotopic (exact) mass is 445 g/mol. The third-order valence-corrected chi connectivity index (χ3v) is 5.03. The number of fused-ring (bicyclic) bond motifs is 1. The van der Waals surface area contributed by atoms with Crippen molar-refractivity contribution in [3.8, 4) is 40.4 Å². The van der Waals surface area contributed by atoms with E-state index in [9.17, 15) is 10.1 Å². The second-order valence-corrected chi connectivity index (χ2v) is 7.70. The van der Waals surface area contributed by atoms with Crippen LogP contribution in [0, 0.1) is 11.3 Å². The van der Waals surface area contributed by atoms with E-state index in [1.54, 1.807) is 31.5 Å². The number of aromatic nitrogens is 4. The molecule has 0 aliphatic heterocycles. The van der Waals surface area contributed by atoms with Crippen LogP contribution in [0.1, 0.15) is 32.3 Å². The number of benzene rings is 2. The molecule has 0 unspecified atom stereocenters. The number of aryl methyl sites for hydroxylation is 1. The van der Waals surface area contributed by atoms with Gasteiger partial charge in [-0.05, 0) is 44.5 Å². The molecule has 9 heteroatoms. The number of nitrogens with zero attached hydrogens (tertiary/aromatic N) is 5. The molecular weight excluding hydrogens is 422 g/mol. The summed E-state index contributed by atoms with van der Waals surface area (Å²) in [6, 6.07) is 11.1. The van der Waals surface area contributed by atoms with Crippen LogP contribution in [0.15, 0.2) is 41.1 Å². The van der Waals surface area contributed by atoms with Gasteiger partial charge in [-0.3, -0.25) is 4.68 Å². The van der Waals surface area contributed by atoms with Crippen LogP contribution in [0.3, 0.4) is 0 Å². The highest BCUT2D eigenvalue weighted by atomic mass is 16.5. The minimum Gasteiger partial charge on any atom is -0.496 e. The molecule has 2 aromatic heterocycles. The average molecular weight is 445 g/mol. The van der Waals surface area contributed by atoms with E-state index in [0.29, 0.717) is 53.4 Å². The van der Waals surface area contributed by atoms with Crippen molar-refractivity contribution in [1.82, 2.24) is 19.9 Å². The summed E-state index contributed by atoms with van der Waals surface area (Å²) in [5.74, 6) is 1.72. The van der Waals surface area contributed by atoms with Crippen molar-refractivity contribution in [2.45, 2.75) is 39.3 Å². The second kappa shape index (κ2) is 9.53. The van der Waals surface area contributed by atoms with E-state index in [0.717, 1.165) is 17.2 Å². The minimum atomic E-state index is -0.0466. The zero-order valence-corrected chi connectivity index (χ0v) is 18.6. The molecule has 0 bridgehead atoms. The number of hydrogen-bond donors (Lipinski definition) is 0. The van der Waals surface area contributed by atoms with Crippen LogP contribution >= 0.6 is 0 Å². The molecule has 0 amide bonds. The van der Waals surface area contributed by atoms with E-state index < -0.39 is 0 Å². The Morgan fingerprint density at radius 2 is 2.09 bits per heavy atom. The Morgan fingerprint density at radius 1 is 1.24 bits per heavy atom. The first-order valence-corrected chi connectivity index (χ1v) is 10.6. The number of unbranched alkanes of at least 4 members (excludes halogenated alkanes) is 1. The van der Waals surface area contributed by atoms with Crippen LogP contribution < -0.4 is 9.47 Å². The normalized spacial score (nSPS) is 11.0. The van der Waals surface area contributed by atoms with E-state index in [4.69, 9.17) is 14.0 Å². The maximum atomic E-state index is 10.6. The van der Waals surface area contributed by atoms with Gasteiger partial charge in [0.25, 0.3) is 5.89 Å². The Kier molecular flexibility index (Phi) is 6.36. The Morgan fingerprint density at radius 3 is 2.82 bits per heavy atom. The van der Waals surface area contributed by atoms with Gasteiger partial charge >= 0.3 is 0 Å². The fourth-order valence-electron chi connectivity index (χ4n) is 3.51. The summed E-state index contributed by atoms with van der Waals surface area (Å²) in [5.41, 5.74) is 2.56. The number of nitriles is 1. The molecular formula is C24H23N5O4. The summed E-state index contributed by atoms with van der Waals surface area (Å²) >= 11 is 0. The summed E-state index contributed by atoms with van der Waals surface area (Å²) in [4.78, 5) is 15.1. The van der Waals surface area contributed by atoms with Crippen molar-refractivity contribution >= 4 is 17.2 Å². The lowest BCUT2D eigenvalue weighted by atomic mass is 10.1. The Bertz CT molecular complexity index is 1330. The zero-order valence-electron chi connectivity index (χ0n) is 18.6. The quantitative estimate of drug-likeness (QED) is 0.275. The van der Waals surface area contributed by atoms with E-state index in [-0.39, 0.29) is 12.0 Å². The van der Waals surface area contributed by atoms with E-state index >= 15 is 0 Å². The van der Waals surface area contributed by atoms with Gasteiger partial charge in [0.2, 0.25) is 5.82 Å². The van der Waals surface area contributed by atoms with E-state index in [1.807, 2.05) is 30.7 Å². The van der Waals surface area contributed by atoms with Crippen molar-refractivity contribution in [1.29, 1.82) is 5.26 Å². The Hall–Kier alpha value is -4.19. The van der Waals surface area contributed by atoms with Gasteiger partial charge in [0.15, 0.2) is 0 Å². The van der Waals surface area contributed by atoms with E-state index in [1.165, 1.54) is 0 Å². The van der Waals surface area contributed by atoms with Crippen LogP contribution in [0.4, 0.5) is 0 Å².